The fourth-order valence-corrected chi connectivity index (χ4v) is 1.21. The minimum absolute atomic E-state index is 0.0824. The van der Waals surface area contributed by atoms with Crippen molar-refractivity contribution in [1.82, 2.24) is 4.90 Å². The zero-order valence-corrected chi connectivity index (χ0v) is 10.1. The summed E-state index contributed by atoms with van der Waals surface area (Å²) in [6.07, 6.45) is 0. The molecular weight excluding hydrogens is 225 g/mol. The van der Waals surface area contributed by atoms with Gasteiger partial charge in [-0.1, -0.05) is 0 Å². The first kappa shape index (κ1) is 13.1. The Labute approximate surface area is 99.3 Å². The van der Waals surface area contributed by atoms with E-state index in [1.807, 2.05) is 0 Å². The van der Waals surface area contributed by atoms with Gasteiger partial charge in [0.25, 0.3) is 0 Å². The second-order valence-corrected chi connectivity index (χ2v) is 3.72. The summed E-state index contributed by atoms with van der Waals surface area (Å²) < 4.78 is 18.1. The fourth-order valence-electron chi connectivity index (χ4n) is 1.21. The van der Waals surface area contributed by atoms with E-state index < -0.39 is 5.82 Å². The van der Waals surface area contributed by atoms with Crippen molar-refractivity contribution < 1.29 is 13.9 Å². The first-order valence-corrected chi connectivity index (χ1v) is 5.02. The summed E-state index contributed by atoms with van der Waals surface area (Å²) in [5.74, 6) is -0.554. The molecule has 0 heterocycles. The van der Waals surface area contributed by atoms with Crippen molar-refractivity contribution in [1.29, 1.82) is 0 Å². The van der Waals surface area contributed by atoms with Crippen molar-refractivity contribution in [2.75, 3.05) is 38.8 Å². The molecule has 0 saturated heterocycles. The number of nitrogens with one attached hydrogen (secondary N) is 1. The molecule has 0 radical (unpaired) electrons. The first-order chi connectivity index (χ1) is 7.95. The lowest BCUT2D eigenvalue weighted by molar-refractivity contribution is -0.126. The Hall–Kier alpha value is -1.98. The van der Waals surface area contributed by atoms with Crippen molar-refractivity contribution in [3.63, 3.8) is 0 Å². The third-order valence-corrected chi connectivity index (χ3v) is 2.25. The molecule has 1 amide bonds. The molecule has 0 aliphatic rings. The molecule has 0 aromatic heterocycles. The van der Waals surface area contributed by atoms with E-state index in [0.717, 1.165) is 6.07 Å². The van der Waals surface area contributed by atoms with Crippen LogP contribution in [-0.2, 0) is 4.79 Å². The van der Waals surface area contributed by atoms with E-state index in [1.165, 1.54) is 18.1 Å². The fraction of sp³-hybridized carbons (Fsp3) is 0.364. The summed E-state index contributed by atoms with van der Waals surface area (Å²) in [7, 11) is 4.67. The van der Waals surface area contributed by atoms with Gasteiger partial charge in [0.2, 0.25) is 5.91 Å². The van der Waals surface area contributed by atoms with Crippen LogP contribution in [0.5, 0.6) is 5.75 Å². The first-order valence-electron chi connectivity index (χ1n) is 5.02. The highest BCUT2D eigenvalue weighted by Gasteiger charge is 2.10. The average molecular weight is 241 g/mol. The van der Waals surface area contributed by atoms with Crippen molar-refractivity contribution in [2.24, 2.45) is 0 Å². The number of hydrogen-bond donors (Lipinski definition) is 2. The number of nitrogen functional groups attached to an aromatic ring is 1. The maximum absolute atomic E-state index is 13.2. The van der Waals surface area contributed by atoms with Gasteiger partial charge in [0.05, 0.1) is 25.0 Å². The van der Waals surface area contributed by atoms with Gasteiger partial charge < -0.3 is 20.7 Å². The van der Waals surface area contributed by atoms with Gasteiger partial charge in [0, 0.05) is 26.2 Å². The van der Waals surface area contributed by atoms with Crippen LogP contribution in [0.25, 0.3) is 0 Å². The van der Waals surface area contributed by atoms with Gasteiger partial charge in [0.1, 0.15) is 0 Å². The van der Waals surface area contributed by atoms with E-state index in [-0.39, 0.29) is 23.9 Å². The lowest BCUT2D eigenvalue weighted by Crippen LogP contribution is -2.28. The van der Waals surface area contributed by atoms with Gasteiger partial charge in [-0.25, -0.2) is 4.39 Å². The monoisotopic (exact) mass is 241 g/mol. The van der Waals surface area contributed by atoms with Crippen molar-refractivity contribution in [2.45, 2.75) is 0 Å². The number of anilines is 2. The second-order valence-electron chi connectivity index (χ2n) is 3.72. The van der Waals surface area contributed by atoms with Crippen LogP contribution in [0.3, 0.4) is 0 Å². The molecule has 0 spiro atoms. The van der Waals surface area contributed by atoms with Crippen LogP contribution < -0.4 is 15.8 Å². The van der Waals surface area contributed by atoms with Crippen molar-refractivity contribution in [3.8, 4) is 5.75 Å². The highest BCUT2D eigenvalue weighted by molar-refractivity contribution is 5.82. The van der Waals surface area contributed by atoms with E-state index in [4.69, 9.17) is 10.5 Å². The molecule has 0 unspecified atom stereocenters. The molecule has 0 bridgehead atoms. The predicted molar refractivity (Wildman–Crippen MR) is 64.5 cm³/mol. The molecule has 3 N–H and O–H groups in total. The van der Waals surface area contributed by atoms with Gasteiger partial charge in [-0.3, -0.25) is 4.79 Å². The minimum Gasteiger partial charge on any atom is -0.494 e. The molecular formula is C11H16FN3O2. The maximum atomic E-state index is 13.2. The Morgan fingerprint density at radius 1 is 1.53 bits per heavy atom. The van der Waals surface area contributed by atoms with Crippen LogP contribution in [0.2, 0.25) is 0 Å². The van der Waals surface area contributed by atoms with Gasteiger partial charge in [-0.2, -0.15) is 0 Å². The van der Waals surface area contributed by atoms with Crippen molar-refractivity contribution >= 4 is 17.3 Å². The number of methoxy groups -OCH3 is 1. The molecule has 1 rings (SSSR count). The lowest BCUT2D eigenvalue weighted by atomic mass is 10.2. The molecule has 0 aliphatic heterocycles. The van der Waals surface area contributed by atoms with E-state index in [2.05, 4.69) is 5.32 Å². The van der Waals surface area contributed by atoms with Crippen LogP contribution in [0.15, 0.2) is 12.1 Å². The number of carbonyl (C=O) groups excluding carboxylic acids is 1. The molecule has 94 valence electrons. The highest BCUT2D eigenvalue weighted by Crippen LogP contribution is 2.27. The molecule has 0 fully saturated rings. The number of likely N-dealkylation sites (N-methyl/N-ethyl adjacent to an activating group) is 1. The summed E-state index contributed by atoms with van der Waals surface area (Å²) in [5, 5.41) is 2.83. The standard InChI is InChI=1S/C11H16FN3O2/c1-15(2)11(16)6-14-9-5-10(17-3)7(12)4-8(9)13/h4-5,14H,6,13H2,1-3H3. The molecule has 17 heavy (non-hydrogen) atoms. The number of benzene rings is 1. The number of ether oxygens (including phenoxy) is 1. The average Bonchev–Trinajstić information content (AvgIpc) is 2.27. The maximum Gasteiger partial charge on any atom is 0.241 e. The van der Waals surface area contributed by atoms with Crippen LogP contribution in [0, 0.1) is 5.82 Å². The van der Waals surface area contributed by atoms with Crippen LogP contribution >= 0.6 is 0 Å². The number of halogens is 1. The zero-order valence-electron chi connectivity index (χ0n) is 10.1. The van der Waals surface area contributed by atoms with E-state index in [0.29, 0.717) is 5.69 Å². The second kappa shape index (κ2) is 5.38. The summed E-state index contributed by atoms with van der Waals surface area (Å²) in [6.45, 7) is 0.0893. The van der Waals surface area contributed by atoms with E-state index in [9.17, 15) is 9.18 Å². The normalized spacial score (nSPS) is 9.88. The summed E-state index contributed by atoms with van der Waals surface area (Å²) >= 11 is 0. The summed E-state index contributed by atoms with van der Waals surface area (Å²) in [4.78, 5) is 12.8. The van der Waals surface area contributed by atoms with Gasteiger partial charge >= 0.3 is 0 Å². The SMILES string of the molecule is COc1cc(NCC(=O)N(C)C)c(N)cc1F. The number of nitrogens with zero attached hydrogens (tertiary/aromatic N) is 1. The molecule has 1 aromatic rings. The third kappa shape index (κ3) is 3.24. The topological polar surface area (TPSA) is 67.6 Å². The lowest BCUT2D eigenvalue weighted by Gasteiger charge is -2.14. The number of rotatable bonds is 4. The van der Waals surface area contributed by atoms with E-state index in [1.54, 1.807) is 14.1 Å². The van der Waals surface area contributed by atoms with Crippen LogP contribution in [0.4, 0.5) is 15.8 Å². The minimum atomic E-state index is -0.533. The Kier molecular flexibility index (Phi) is 4.14. The van der Waals surface area contributed by atoms with Crippen molar-refractivity contribution in [3.05, 3.63) is 17.9 Å². The largest absolute Gasteiger partial charge is 0.494 e. The predicted octanol–water partition coefficient (Wildman–Crippen LogP) is 0.917. The summed E-state index contributed by atoms with van der Waals surface area (Å²) in [5.41, 5.74) is 6.33. The Morgan fingerprint density at radius 3 is 2.71 bits per heavy atom. The number of nitrogens with two attached hydrogens (primary N) is 1. The highest BCUT2D eigenvalue weighted by atomic mass is 19.1. The molecule has 1 aromatic carbocycles. The molecule has 5 nitrogen and oxygen atoms in total. The Morgan fingerprint density at radius 2 is 2.18 bits per heavy atom. The number of amides is 1. The van der Waals surface area contributed by atoms with E-state index >= 15 is 0 Å². The van der Waals surface area contributed by atoms with Gasteiger partial charge in [-0.15, -0.1) is 0 Å². The Bertz CT molecular complexity index is 421. The molecule has 0 aliphatic carbocycles. The quantitative estimate of drug-likeness (QED) is 0.769. The Balaban J connectivity index is 2.81. The third-order valence-electron chi connectivity index (χ3n) is 2.25. The van der Waals surface area contributed by atoms with Gasteiger partial charge in [-0.05, 0) is 0 Å². The number of carbonyl (C=O) groups is 1. The van der Waals surface area contributed by atoms with Gasteiger partial charge in [0.15, 0.2) is 11.6 Å². The molecule has 0 atom stereocenters. The zero-order chi connectivity index (χ0) is 13.0. The molecule has 0 saturated carbocycles. The van der Waals surface area contributed by atoms with Crippen LogP contribution in [-0.4, -0.2) is 38.6 Å². The summed E-state index contributed by atoms with van der Waals surface area (Å²) in [6, 6.07) is 2.58. The smallest absolute Gasteiger partial charge is 0.241 e. The number of hydrogen-bond acceptors (Lipinski definition) is 4. The molecule has 6 heteroatoms. The van der Waals surface area contributed by atoms with Crippen LogP contribution in [0.1, 0.15) is 0 Å².